The smallest absolute Gasteiger partial charge is 0.0599 e. The van der Waals surface area contributed by atoms with Crippen LogP contribution >= 0.6 is 0 Å². The van der Waals surface area contributed by atoms with Crippen molar-refractivity contribution >= 4 is 0 Å². The van der Waals surface area contributed by atoms with Crippen molar-refractivity contribution in [3.05, 3.63) is 0 Å². The van der Waals surface area contributed by atoms with Crippen molar-refractivity contribution in [2.45, 2.75) is 57.2 Å². The van der Waals surface area contributed by atoms with E-state index in [1.54, 1.807) is 0 Å². The van der Waals surface area contributed by atoms with Gasteiger partial charge in [-0.2, -0.15) is 0 Å². The Bertz CT molecular complexity index is 236. The molecule has 1 heterocycles. The first-order valence-electron chi connectivity index (χ1n) is 6.62. The molecule has 2 aliphatic rings. The van der Waals surface area contributed by atoms with Crippen LogP contribution in [0.1, 0.15) is 39.5 Å². The summed E-state index contributed by atoms with van der Waals surface area (Å²) in [6, 6.07) is 1.08. The highest BCUT2D eigenvalue weighted by Gasteiger charge is 2.40. The normalized spacial score (nSPS) is 33.4. The summed E-state index contributed by atoms with van der Waals surface area (Å²) in [6.07, 6.45) is 5.40. The minimum atomic E-state index is 0.244. The lowest BCUT2D eigenvalue weighted by atomic mass is 9.94. The van der Waals surface area contributed by atoms with E-state index in [0.29, 0.717) is 12.6 Å². The fourth-order valence-corrected chi connectivity index (χ4v) is 3.19. The number of aliphatic hydroxyl groups excluding tert-OH is 1. The lowest BCUT2D eigenvalue weighted by Crippen LogP contribution is -2.64. The lowest BCUT2D eigenvalue weighted by Gasteiger charge is -2.51. The van der Waals surface area contributed by atoms with Crippen molar-refractivity contribution in [3.8, 4) is 0 Å². The molecule has 2 rings (SSSR count). The van der Waals surface area contributed by atoms with Crippen LogP contribution in [0.5, 0.6) is 0 Å². The van der Waals surface area contributed by atoms with Crippen molar-refractivity contribution in [1.82, 2.24) is 9.80 Å². The van der Waals surface area contributed by atoms with Gasteiger partial charge in [0.25, 0.3) is 0 Å². The van der Waals surface area contributed by atoms with E-state index in [1.165, 1.54) is 25.7 Å². The molecule has 16 heavy (non-hydrogen) atoms. The Hall–Kier alpha value is -0.120. The SMILES string of the molecule is CN1CC(CO)N(C2CCCC2)CC1(C)C. The molecule has 0 radical (unpaired) electrons. The highest BCUT2D eigenvalue weighted by atomic mass is 16.3. The molecule has 1 aliphatic carbocycles. The number of rotatable bonds is 2. The summed E-state index contributed by atoms with van der Waals surface area (Å²) < 4.78 is 0. The van der Waals surface area contributed by atoms with Gasteiger partial charge in [-0.05, 0) is 33.7 Å². The second-order valence-corrected chi connectivity index (χ2v) is 6.14. The van der Waals surface area contributed by atoms with E-state index in [2.05, 4.69) is 30.7 Å². The van der Waals surface area contributed by atoms with Gasteiger partial charge in [0.05, 0.1) is 6.61 Å². The van der Waals surface area contributed by atoms with Crippen LogP contribution in [-0.4, -0.2) is 59.3 Å². The largest absolute Gasteiger partial charge is 0.395 e. The molecule has 0 spiro atoms. The Kier molecular flexibility index (Phi) is 3.57. The zero-order valence-electron chi connectivity index (χ0n) is 10.9. The zero-order valence-corrected chi connectivity index (χ0v) is 10.9. The first-order chi connectivity index (χ1) is 7.54. The Morgan fingerprint density at radius 3 is 2.44 bits per heavy atom. The summed E-state index contributed by atoms with van der Waals surface area (Å²) in [5, 5.41) is 9.54. The predicted octanol–water partition coefficient (Wildman–Crippen LogP) is 1.32. The van der Waals surface area contributed by atoms with E-state index in [4.69, 9.17) is 0 Å². The van der Waals surface area contributed by atoms with Crippen molar-refractivity contribution in [2.75, 3.05) is 26.7 Å². The quantitative estimate of drug-likeness (QED) is 0.769. The number of hydrogen-bond acceptors (Lipinski definition) is 3. The first-order valence-corrected chi connectivity index (χ1v) is 6.62. The molecule has 0 aromatic carbocycles. The average molecular weight is 226 g/mol. The third-order valence-corrected chi connectivity index (χ3v) is 4.56. The summed E-state index contributed by atoms with van der Waals surface area (Å²) in [5.41, 5.74) is 0.244. The van der Waals surface area contributed by atoms with E-state index >= 15 is 0 Å². The molecule has 0 aromatic heterocycles. The zero-order chi connectivity index (χ0) is 11.8. The van der Waals surface area contributed by atoms with Gasteiger partial charge in [0.15, 0.2) is 0 Å². The molecular formula is C13H26N2O. The molecule has 0 amide bonds. The molecule has 1 aliphatic heterocycles. The van der Waals surface area contributed by atoms with Crippen molar-refractivity contribution in [3.63, 3.8) is 0 Å². The lowest BCUT2D eigenvalue weighted by molar-refractivity contribution is -0.0410. The summed E-state index contributed by atoms with van der Waals surface area (Å²) in [4.78, 5) is 4.96. The molecule has 2 fully saturated rings. The average Bonchev–Trinajstić information content (AvgIpc) is 2.74. The van der Waals surface area contributed by atoms with Crippen molar-refractivity contribution < 1.29 is 5.11 Å². The van der Waals surface area contributed by atoms with Crippen LogP contribution in [0.4, 0.5) is 0 Å². The molecular weight excluding hydrogens is 200 g/mol. The van der Waals surface area contributed by atoms with E-state index in [-0.39, 0.29) is 5.54 Å². The molecule has 0 aromatic rings. The van der Waals surface area contributed by atoms with E-state index in [1.807, 2.05) is 0 Å². The van der Waals surface area contributed by atoms with Crippen LogP contribution in [-0.2, 0) is 0 Å². The van der Waals surface area contributed by atoms with Crippen LogP contribution in [0.25, 0.3) is 0 Å². The minimum absolute atomic E-state index is 0.244. The van der Waals surface area contributed by atoms with E-state index in [9.17, 15) is 5.11 Å². The van der Waals surface area contributed by atoms with Gasteiger partial charge < -0.3 is 5.11 Å². The van der Waals surface area contributed by atoms with Gasteiger partial charge in [-0.1, -0.05) is 12.8 Å². The molecule has 1 N–H and O–H groups in total. The Labute approximate surface area is 99.4 Å². The molecule has 1 saturated heterocycles. The van der Waals surface area contributed by atoms with E-state index in [0.717, 1.165) is 19.1 Å². The molecule has 0 bridgehead atoms. The van der Waals surface area contributed by atoms with Gasteiger partial charge in [-0.25, -0.2) is 0 Å². The first kappa shape index (κ1) is 12.3. The molecule has 1 unspecified atom stereocenters. The molecule has 1 atom stereocenters. The fourth-order valence-electron chi connectivity index (χ4n) is 3.19. The summed E-state index contributed by atoms with van der Waals surface area (Å²) in [5.74, 6) is 0. The summed E-state index contributed by atoms with van der Waals surface area (Å²) in [6.45, 7) is 7.02. The van der Waals surface area contributed by atoms with Gasteiger partial charge in [-0.15, -0.1) is 0 Å². The second kappa shape index (κ2) is 4.63. The maximum atomic E-state index is 9.54. The Morgan fingerprint density at radius 2 is 1.88 bits per heavy atom. The van der Waals surface area contributed by atoms with Crippen LogP contribution in [0.3, 0.4) is 0 Å². The van der Waals surface area contributed by atoms with E-state index < -0.39 is 0 Å². The fraction of sp³-hybridized carbons (Fsp3) is 1.00. The Morgan fingerprint density at radius 1 is 1.25 bits per heavy atom. The molecule has 1 saturated carbocycles. The molecule has 94 valence electrons. The monoisotopic (exact) mass is 226 g/mol. The topological polar surface area (TPSA) is 26.7 Å². The number of aliphatic hydroxyl groups is 1. The number of nitrogens with zero attached hydrogens (tertiary/aromatic N) is 2. The number of likely N-dealkylation sites (N-methyl/N-ethyl adjacent to an activating group) is 1. The molecule has 3 heteroatoms. The maximum absolute atomic E-state index is 9.54. The number of hydrogen-bond donors (Lipinski definition) is 1. The van der Waals surface area contributed by atoms with Gasteiger partial charge in [-0.3, -0.25) is 9.80 Å². The Balaban J connectivity index is 2.08. The van der Waals surface area contributed by atoms with Crippen molar-refractivity contribution in [2.24, 2.45) is 0 Å². The third kappa shape index (κ3) is 2.27. The predicted molar refractivity (Wildman–Crippen MR) is 66.5 cm³/mol. The minimum Gasteiger partial charge on any atom is -0.395 e. The van der Waals surface area contributed by atoms with Gasteiger partial charge in [0.1, 0.15) is 0 Å². The summed E-state index contributed by atoms with van der Waals surface area (Å²) >= 11 is 0. The molecule has 3 nitrogen and oxygen atoms in total. The third-order valence-electron chi connectivity index (χ3n) is 4.56. The van der Waals surface area contributed by atoms with Crippen LogP contribution in [0.15, 0.2) is 0 Å². The van der Waals surface area contributed by atoms with Gasteiger partial charge in [0.2, 0.25) is 0 Å². The highest BCUT2D eigenvalue weighted by molar-refractivity contribution is 4.96. The maximum Gasteiger partial charge on any atom is 0.0599 e. The van der Waals surface area contributed by atoms with Gasteiger partial charge in [0, 0.05) is 30.7 Å². The standard InChI is InChI=1S/C13H26N2O/c1-13(2)10-15(11-6-4-5-7-11)12(9-16)8-14(13)3/h11-12,16H,4-10H2,1-3H3. The van der Waals surface area contributed by atoms with Gasteiger partial charge >= 0.3 is 0 Å². The number of piperazine rings is 1. The second-order valence-electron chi connectivity index (χ2n) is 6.14. The van der Waals surface area contributed by atoms with Crippen molar-refractivity contribution in [1.29, 1.82) is 0 Å². The van der Waals surface area contributed by atoms with Crippen LogP contribution in [0.2, 0.25) is 0 Å². The van der Waals surface area contributed by atoms with Crippen LogP contribution in [0, 0.1) is 0 Å². The summed E-state index contributed by atoms with van der Waals surface area (Å²) in [7, 11) is 2.18. The highest BCUT2D eigenvalue weighted by Crippen LogP contribution is 2.31. The van der Waals surface area contributed by atoms with Crippen LogP contribution < -0.4 is 0 Å².